The van der Waals surface area contributed by atoms with Crippen LogP contribution in [0.2, 0.25) is 0 Å². The molecule has 6 heteroatoms. The smallest absolute Gasteiger partial charge is 0.259 e. The average Bonchev–Trinajstić information content (AvgIpc) is 2.61. The summed E-state index contributed by atoms with van der Waals surface area (Å²) >= 11 is 0. The van der Waals surface area contributed by atoms with Crippen LogP contribution in [0.5, 0.6) is 11.5 Å². The van der Waals surface area contributed by atoms with E-state index >= 15 is 0 Å². The first kappa shape index (κ1) is 17.3. The number of rotatable bonds is 7. The number of nitrogens with zero attached hydrogens (tertiary/aromatic N) is 1. The molecule has 0 radical (unpaired) electrons. The standard InChI is InChI=1S/C18H21N3O3/c1-13-4-6-15(7-5-13)19-12-18(22)21-20-11-14-10-16(23-2)8-9-17(14)24-3/h4-11,19H,12H2,1-3H3,(H,21,22). The molecule has 0 unspecified atom stereocenters. The van der Waals surface area contributed by atoms with Crippen molar-refractivity contribution in [1.29, 1.82) is 0 Å². The topological polar surface area (TPSA) is 72.0 Å². The van der Waals surface area contributed by atoms with E-state index in [4.69, 9.17) is 9.47 Å². The molecule has 0 spiro atoms. The molecule has 2 aromatic rings. The predicted octanol–water partition coefficient (Wildman–Crippen LogP) is 2.57. The molecule has 0 aliphatic rings. The van der Waals surface area contributed by atoms with Gasteiger partial charge in [0.05, 0.1) is 27.0 Å². The molecule has 0 saturated heterocycles. The minimum Gasteiger partial charge on any atom is -0.497 e. The Labute approximate surface area is 141 Å². The maximum Gasteiger partial charge on any atom is 0.259 e. The number of ether oxygens (including phenoxy) is 2. The monoisotopic (exact) mass is 327 g/mol. The van der Waals surface area contributed by atoms with Crippen molar-refractivity contribution in [2.75, 3.05) is 26.1 Å². The van der Waals surface area contributed by atoms with Gasteiger partial charge in [-0.1, -0.05) is 17.7 Å². The summed E-state index contributed by atoms with van der Waals surface area (Å²) in [5.74, 6) is 1.09. The quantitative estimate of drug-likeness (QED) is 0.606. The second-order valence-corrected chi connectivity index (χ2v) is 5.12. The highest BCUT2D eigenvalue weighted by atomic mass is 16.5. The summed E-state index contributed by atoms with van der Waals surface area (Å²) in [6, 6.07) is 13.2. The van der Waals surface area contributed by atoms with Crippen LogP contribution >= 0.6 is 0 Å². The highest BCUT2D eigenvalue weighted by molar-refractivity contribution is 5.86. The van der Waals surface area contributed by atoms with Gasteiger partial charge >= 0.3 is 0 Å². The molecule has 6 nitrogen and oxygen atoms in total. The molecule has 2 N–H and O–H groups in total. The van der Waals surface area contributed by atoms with E-state index in [-0.39, 0.29) is 12.5 Å². The van der Waals surface area contributed by atoms with Gasteiger partial charge in [-0.2, -0.15) is 5.10 Å². The Morgan fingerprint density at radius 3 is 2.54 bits per heavy atom. The van der Waals surface area contributed by atoms with Crippen LogP contribution in [-0.2, 0) is 4.79 Å². The summed E-state index contributed by atoms with van der Waals surface area (Å²) in [5, 5.41) is 6.98. The van der Waals surface area contributed by atoms with Gasteiger partial charge in [-0.3, -0.25) is 4.79 Å². The Balaban J connectivity index is 1.89. The van der Waals surface area contributed by atoms with Crippen molar-refractivity contribution in [3.63, 3.8) is 0 Å². The minimum absolute atomic E-state index is 0.135. The molecule has 0 aliphatic heterocycles. The number of methoxy groups -OCH3 is 2. The summed E-state index contributed by atoms with van der Waals surface area (Å²) in [6.45, 7) is 2.15. The van der Waals surface area contributed by atoms with Crippen LogP contribution in [0.1, 0.15) is 11.1 Å². The van der Waals surface area contributed by atoms with Gasteiger partial charge in [0.25, 0.3) is 5.91 Å². The number of hydrogen-bond donors (Lipinski definition) is 2. The Kier molecular flexibility index (Phi) is 6.19. The number of nitrogens with one attached hydrogen (secondary N) is 2. The molecule has 0 aromatic heterocycles. The Bertz CT molecular complexity index is 712. The van der Waals surface area contributed by atoms with E-state index in [0.29, 0.717) is 17.1 Å². The molecule has 0 saturated carbocycles. The fourth-order valence-electron chi connectivity index (χ4n) is 2.01. The number of benzene rings is 2. The first-order chi connectivity index (χ1) is 11.6. The summed E-state index contributed by atoms with van der Waals surface area (Å²) < 4.78 is 10.4. The average molecular weight is 327 g/mol. The van der Waals surface area contributed by atoms with Gasteiger partial charge in [-0.25, -0.2) is 5.43 Å². The molecule has 0 heterocycles. The summed E-state index contributed by atoms with van der Waals surface area (Å²) in [6.07, 6.45) is 1.52. The normalized spacial score (nSPS) is 10.5. The first-order valence-electron chi connectivity index (χ1n) is 7.47. The first-order valence-corrected chi connectivity index (χ1v) is 7.47. The van der Waals surface area contributed by atoms with Crippen molar-refractivity contribution in [3.8, 4) is 11.5 Å². The van der Waals surface area contributed by atoms with Crippen LogP contribution in [0.4, 0.5) is 5.69 Å². The SMILES string of the molecule is COc1ccc(OC)c(C=NNC(=O)CNc2ccc(C)cc2)c1. The highest BCUT2D eigenvalue weighted by Crippen LogP contribution is 2.22. The van der Waals surface area contributed by atoms with Crippen molar-refractivity contribution in [1.82, 2.24) is 5.43 Å². The maximum atomic E-state index is 11.8. The third-order valence-electron chi connectivity index (χ3n) is 3.33. The summed E-state index contributed by atoms with van der Waals surface area (Å²) in [7, 11) is 3.16. The molecular weight excluding hydrogens is 306 g/mol. The summed E-state index contributed by atoms with van der Waals surface area (Å²) in [5.41, 5.74) is 5.24. The number of hydrazone groups is 1. The van der Waals surface area contributed by atoms with E-state index in [0.717, 1.165) is 5.69 Å². The zero-order chi connectivity index (χ0) is 17.4. The van der Waals surface area contributed by atoms with E-state index in [1.165, 1.54) is 11.8 Å². The van der Waals surface area contributed by atoms with Crippen LogP contribution in [0.25, 0.3) is 0 Å². The number of aryl methyl sites for hydroxylation is 1. The molecule has 0 atom stereocenters. The van der Waals surface area contributed by atoms with E-state index < -0.39 is 0 Å². The number of hydrogen-bond acceptors (Lipinski definition) is 5. The van der Waals surface area contributed by atoms with Gasteiger partial charge in [0, 0.05) is 11.3 Å². The lowest BCUT2D eigenvalue weighted by molar-refractivity contribution is -0.119. The maximum absolute atomic E-state index is 11.8. The van der Waals surface area contributed by atoms with Gasteiger partial charge in [0.15, 0.2) is 0 Å². The van der Waals surface area contributed by atoms with Gasteiger partial charge in [0.2, 0.25) is 0 Å². The Hall–Kier alpha value is -3.02. The van der Waals surface area contributed by atoms with E-state index in [1.807, 2.05) is 31.2 Å². The predicted molar refractivity (Wildman–Crippen MR) is 95.0 cm³/mol. The van der Waals surface area contributed by atoms with Gasteiger partial charge in [0.1, 0.15) is 11.5 Å². The van der Waals surface area contributed by atoms with Gasteiger partial charge < -0.3 is 14.8 Å². The number of carbonyl (C=O) groups excluding carboxylic acids is 1. The Morgan fingerprint density at radius 1 is 1.12 bits per heavy atom. The van der Waals surface area contributed by atoms with Crippen molar-refractivity contribution >= 4 is 17.8 Å². The van der Waals surface area contributed by atoms with Crippen molar-refractivity contribution in [2.24, 2.45) is 5.10 Å². The molecule has 0 fully saturated rings. The van der Waals surface area contributed by atoms with E-state index in [2.05, 4.69) is 15.8 Å². The zero-order valence-corrected chi connectivity index (χ0v) is 14.0. The Morgan fingerprint density at radius 2 is 1.88 bits per heavy atom. The van der Waals surface area contributed by atoms with Crippen LogP contribution in [-0.4, -0.2) is 32.9 Å². The van der Waals surface area contributed by atoms with E-state index in [9.17, 15) is 4.79 Å². The molecule has 2 aromatic carbocycles. The fraction of sp³-hybridized carbons (Fsp3) is 0.222. The molecular formula is C18H21N3O3. The minimum atomic E-state index is -0.242. The molecule has 1 amide bonds. The van der Waals surface area contributed by atoms with Crippen LogP contribution in [0, 0.1) is 6.92 Å². The number of anilines is 1. The third kappa shape index (κ3) is 5.01. The lowest BCUT2D eigenvalue weighted by Gasteiger charge is -2.07. The lowest BCUT2D eigenvalue weighted by Crippen LogP contribution is -2.25. The van der Waals surface area contributed by atoms with Crippen LogP contribution in [0.3, 0.4) is 0 Å². The van der Waals surface area contributed by atoms with Gasteiger partial charge in [-0.05, 0) is 37.3 Å². The van der Waals surface area contributed by atoms with Crippen molar-refractivity contribution < 1.29 is 14.3 Å². The molecule has 0 bridgehead atoms. The van der Waals surface area contributed by atoms with Crippen molar-refractivity contribution in [3.05, 3.63) is 53.6 Å². The molecule has 126 valence electrons. The molecule has 24 heavy (non-hydrogen) atoms. The fourth-order valence-corrected chi connectivity index (χ4v) is 2.01. The number of carbonyl (C=O) groups is 1. The second kappa shape index (κ2) is 8.57. The molecule has 2 rings (SSSR count). The van der Waals surface area contributed by atoms with Crippen LogP contribution in [0.15, 0.2) is 47.6 Å². The van der Waals surface area contributed by atoms with Gasteiger partial charge in [-0.15, -0.1) is 0 Å². The van der Waals surface area contributed by atoms with E-state index in [1.54, 1.807) is 32.4 Å². The van der Waals surface area contributed by atoms with Crippen molar-refractivity contribution in [2.45, 2.75) is 6.92 Å². The zero-order valence-electron chi connectivity index (χ0n) is 14.0. The highest BCUT2D eigenvalue weighted by Gasteiger charge is 2.03. The molecule has 0 aliphatic carbocycles. The number of amides is 1. The largest absolute Gasteiger partial charge is 0.497 e. The summed E-state index contributed by atoms with van der Waals surface area (Å²) in [4.78, 5) is 11.8. The third-order valence-corrected chi connectivity index (χ3v) is 3.33. The van der Waals surface area contributed by atoms with Crippen LogP contribution < -0.4 is 20.2 Å². The second-order valence-electron chi connectivity index (χ2n) is 5.12. The lowest BCUT2D eigenvalue weighted by atomic mass is 10.2.